The van der Waals surface area contributed by atoms with Crippen LogP contribution in [0.3, 0.4) is 0 Å². The number of amides is 2. The minimum atomic E-state index is -0.282. The predicted octanol–water partition coefficient (Wildman–Crippen LogP) is 3.30. The van der Waals surface area contributed by atoms with Gasteiger partial charge in [0.2, 0.25) is 11.8 Å². The smallest absolute Gasteiger partial charge is 0.244 e. The fourth-order valence-electron chi connectivity index (χ4n) is 2.43. The quantitative estimate of drug-likeness (QED) is 0.917. The molecule has 5 nitrogen and oxygen atoms in total. The van der Waals surface area contributed by atoms with Gasteiger partial charge in [0, 0.05) is 12.6 Å². The molecule has 0 fully saturated rings. The molecule has 0 heterocycles. The molecule has 1 N–H and O–H groups in total. The first-order valence-electron chi connectivity index (χ1n) is 7.70. The number of carbonyl (C=O) groups is 2. The second-order valence-electron chi connectivity index (χ2n) is 5.70. The van der Waals surface area contributed by atoms with Gasteiger partial charge in [-0.1, -0.05) is 18.2 Å². The summed E-state index contributed by atoms with van der Waals surface area (Å²) in [5, 5.41) is 2.81. The van der Waals surface area contributed by atoms with E-state index in [2.05, 4.69) is 5.32 Å². The second-order valence-corrected chi connectivity index (χ2v) is 5.70. The summed E-state index contributed by atoms with van der Waals surface area (Å²) in [5.41, 5.74) is 3.33. The summed E-state index contributed by atoms with van der Waals surface area (Å²) in [5.74, 6) is 0.112. The highest BCUT2D eigenvalue weighted by Crippen LogP contribution is 2.25. The standard InChI is InChI=1S/C19H22N2O3/c1-13-6-5-7-16(10-13)21(15(3)22)12-19(23)20-17-11-14(2)8-9-18(17)24-4/h5-11H,12H2,1-4H3,(H,20,23). The maximum Gasteiger partial charge on any atom is 0.244 e. The zero-order valence-electron chi connectivity index (χ0n) is 14.4. The summed E-state index contributed by atoms with van der Waals surface area (Å²) in [4.78, 5) is 25.8. The van der Waals surface area contributed by atoms with Crippen molar-refractivity contribution in [2.24, 2.45) is 0 Å². The Bertz CT molecular complexity index is 756. The van der Waals surface area contributed by atoms with Gasteiger partial charge in [-0.05, 0) is 49.2 Å². The van der Waals surface area contributed by atoms with Gasteiger partial charge in [0.05, 0.1) is 12.8 Å². The molecule has 0 saturated heterocycles. The molecule has 0 radical (unpaired) electrons. The number of anilines is 2. The van der Waals surface area contributed by atoms with Crippen LogP contribution < -0.4 is 15.0 Å². The number of nitrogens with one attached hydrogen (secondary N) is 1. The van der Waals surface area contributed by atoms with Gasteiger partial charge in [-0.25, -0.2) is 0 Å². The molecule has 0 aromatic heterocycles. The van der Waals surface area contributed by atoms with Gasteiger partial charge in [0.15, 0.2) is 0 Å². The minimum Gasteiger partial charge on any atom is -0.495 e. The number of benzene rings is 2. The fourth-order valence-corrected chi connectivity index (χ4v) is 2.43. The topological polar surface area (TPSA) is 58.6 Å². The Labute approximate surface area is 142 Å². The van der Waals surface area contributed by atoms with Crippen molar-refractivity contribution in [2.75, 3.05) is 23.9 Å². The lowest BCUT2D eigenvalue weighted by Gasteiger charge is -2.21. The van der Waals surface area contributed by atoms with Crippen molar-refractivity contribution in [2.45, 2.75) is 20.8 Å². The Balaban J connectivity index is 2.17. The lowest BCUT2D eigenvalue weighted by molar-refractivity contribution is -0.120. The first kappa shape index (κ1) is 17.5. The first-order chi connectivity index (χ1) is 11.4. The Morgan fingerprint density at radius 1 is 1.08 bits per heavy atom. The third kappa shape index (κ3) is 4.35. The van der Waals surface area contributed by atoms with Crippen molar-refractivity contribution in [3.05, 3.63) is 53.6 Å². The number of methoxy groups -OCH3 is 1. The van der Waals surface area contributed by atoms with Crippen molar-refractivity contribution in [3.8, 4) is 5.75 Å². The summed E-state index contributed by atoms with van der Waals surface area (Å²) >= 11 is 0. The first-order valence-corrected chi connectivity index (χ1v) is 7.70. The lowest BCUT2D eigenvalue weighted by Crippen LogP contribution is -2.36. The molecular formula is C19H22N2O3. The molecule has 126 valence electrons. The van der Waals surface area contributed by atoms with Crippen LogP contribution in [0.1, 0.15) is 18.1 Å². The summed E-state index contributed by atoms with van der Waals surface area (Å²) < 4.78 is 5.26. The highest BCUT2D eigenvalue weighted by molar-refractivity contribution is 6.02. The maximum absolute atomic E-state index is 12.4. The van der Waals surface area contributed by atoms with E-state index in [0.717, 1.165) is 11.1 Å². The number of hydrogen-bond donors (Lipinski definition) is 1. The molecule has 0 aliphatic rings. The molecule has 0 bridgehead atoms. The molecule has 0 saturated carbocycles. The molecule has 0 aliphatic carbocycles. The van der Waals surface area contributed by atoms with Gasteiger partial charge >= 0.3 is 0 Å². The SMILES string of the molecule is COc1ccc(C)cc1NC(=O)CN(C(C)=O)c1cccc(C)c1. The minimum absolute atomic E-state index is 0.0596. The molecule has 2 amide bonds. The van der Waals surface area contributed by atoms with Crippen molar-refractivity contribution in [1.82, 2.24) is 0 Å². The zero-order chi connectivity index (χ0) is 17.7. The van der Waals surface area contributed by atoms with Crippen molar-refractivity contribution in [3.63, 3.8) is 0 Å². The van der Waals surface area contributed by atoms with Crippen LogP contribution in [0.25, 0.3) is 0 Å². The molecule has 24 heavy (non-hydrogen) atoms. The van der Waals surface area contributed by atoms with Crippen LogP contribution in [0.2, 0.25) is 0 Å². The van der Waals surface area contributed by atoms with Gasteiger partial charge in [-0.2, -0.15) is 0 Å². The average molecular weight is 326 g/mol. The Hall–Kier alpha value is -2.82. The van der Waals surface area contributed by atoms with Crippen LogP contribution in [0, 0.1) is 13.8 Å². The van der Waals surface area contributed by atoms with Crippen molar-refractivity contribution in [1.29, 1.82) is 0 Å². The van der Waals surface area contributed by atoms with E-state index in [0.29, 0.717) is 17.1 Å². The highest BCUT2D eigenvalue weighted by Gasteiger charge is 2.17. The van der Waals surface area contributed by atoms with Gasteiger partial charge < -0.3 is 15.0 Å². The monoisotopic (exact) mass is 326 g/mol. The molecule has 2 rings (SSSR count). The van der Waals surface area contributed by atoms with E-state index in [9.17, 15) is 9.59 Å². The molecule has 0 atom stereocenters. The molecule has 2 aromatic carbocycles. The van der Waals surface area contributed by atoms with Crippen LogP contribution in [0.5, 0.6) is 5.75 Å². The van der Waals surface area contributed by atoms with E-state index in [4.69, 9.17) is 4.74 Å². The zero-order valence-corrected chi connectivity index (χ0v) is 14.4. The van der Waals surface area contributed by atoms with Crippen LogP contribution in [0.15, 0.2) is 42.5 Å². The number of rotatable bonds is 5. The highest BCUT2D eigenvalue weighted by atomic mass is 16.5. The third-order valence-corrected chi connectivity index (χ3v) is 3.62. The second kappa shape index (κ2) is 7.64. The number of nitrogens with zero attached hydrogens (tertiary/aromatic N) is 1. The summed E-state index contributed by atoms with van der Waals surface area (Å²) in [6.45, 7) is 5.27. The summed E-state index contributed by atoms with van der Waals surface area (Å²) in [6.07, 6.45) is 0. The van der Waals surface area contributed by atoms with Crippen molar-refractivity contribution >= 4 is 23.2 Å². The Morgan fingerprint density at radius 2 is 1.79 bits per heavy atom. The van der Waals surface area contributed by atoms with Crippen LogP contribution >= 0.6 is 0 Å². The van der Waals surface area contributed by atoms with E-state index >= 15 is 0 Å². The van der Waals surface area contributed by atoms with E-state index < -0.39 is 0 Å². The average Bonchev–Trinajstić information content (AvgIpc) is 2.52. The van der Waals surface area contributed by atoms with E-state index in [1.165, 1.54) is 11.8 Å². The van der Waals surface area contributed by atoms with Gasteiger partial charge in [-0.3, -0.25) is 9.59 Å². The van der Waals surface area contributed by atoms with Gasteiger partial charge in [0.25, 0.3) is 0 Å². The van der Waals surface area contributed by atoms with Crippen LogP contribution in [0.4, 0.5) is 11.4 Å². The molecular weight excluding hydrogens is 304 g/mol. The van der Waals surface area contributed by atoms with Gasteiger partial charge in [0.1, 0.15) is 12.3 Å². The van der Waals surface area contributed by atoms with Crippen molar-refractivity contribution < 1.29 is 14.3 Å². The van der Waals surface area contributed by atoms with E-state index in [1.54, 1.807) is 13.2 Å². The molecule has 2 aromatic rings. The fraction of sp³-hybridized carbons (Fsp3) is 0.263. The van der Waals surface area contributed by atoms with E-state index in [-0.39, 0.29) is 18.4 Å². The number of aryl methyl sites for hydroxylation is 2. The lowest BCUT2D eigenvalue weighted by atomic mass is 10.2. The largest absolute Gasteiger partial charge is 0.495 e. The Morgan fingerprint density at radius 3 is 2.42 bits per heavy atom. The number of hydrogen-bond acceptors (Lipinski definition) is 3. The van der Waals surface area contributed by atoms with E-state index in [1.807, 2.05) is 50.2 Å². The summed E-state index contributed by atoms with van der Waals surface area (Å²) in [6, 6.07) is 13.0. The molecule has 0 unspecified atom stereocenters. The normalized spacial score (nSPS) is 10.2. The molecule has 5 heteroatoms. The third-order valence-electron chi connectivity index (χ3n) is 3.62. The van der Waals surface area contributed by atoms with Crippen LogP contribution in [-0.4, -0.2) is 25.5 Å². The number of ether oxygens (including phenoxy) is 1. The number of carbonyl (C=O) groups excluding carboxylic acids is 2. The Kier molecular flexibility index (Phi) is 5.58. The predicted molar refractivity (Wildman–Crippen MR) is 95.6 cm³/mol. The maximum atomic E-state index is 12.4. The molecule has 0 spiro atoms. The summed E-state index contributed by atoms with van der Waals surface area (Å²) in [7, 11) is 1.55. The van der Waals surface area contributed by atoms with Gasteiger partial charge in [-0.15, -0.1) is 0 Å². The molecule has 0 aliphatic heterocycles. The van der Waals surface area contributed by atoms with Crippen LogP contribution in [-0.2, 0) is 9.59 Å².